The molecule has 4 heterocycles. The monoisotopic (exact) mass is 932 g/mol. The first-order valence-electron chi connectivity index (χ1n) is 23.5. The molecule has 0 aromatic heterocycles. The standard InChI is InChI=1S/C45H72O20/c1-18(17-59-40-36(55)33(52)31(50)26(14-46)61-40)7-10-45(58)19(2)30-25(65-45)12-24-22-6-5-20-11-21(8-9-43(20,3)23(22)13-29(49)44(24,30)4)60-41-38(57)35(54)39(28(16-48)63-41)64-42-37(56)34(53)32(51)27(15-47)62-42/h5,18-19,21-28,30-42,46-48,50-58H,6-17H2,1-4H3/t18-,19+,21+,22-,23+,24+,25+,26-,27-,28-,30+,31-,32-,33+,34+,35+,36-,37-,38-,39-,40-,41-,42+,43+,44-,45-/m1/s1. The highest BCUT2D eigenvalue weighted by molar-refractivity contribution is 5.87. The van der Waals surface area contributed by atoms with E-state index in [1.54, 1.807) is 0 Å². The predicted molar refractivity (Wildman–Crippen MR) is 219 cm³/mol. The Morgan fingerprint density at radius 1 is 0.754 bits per heavy atom. The van der Waals surface area contributed by atoms with Crippen LogP contribution < -0.4 is 0 Å². The van der Waals surface area contributed by atoms with Gasteiger partial charge in [-0.3, -0.25) is 4.79 Å². The first kappa shape index (κ1) is 50.1. The van der Waals surface area contributed by atoms with Crippen LogP contribution in [0.25, 0.3) is 0 Å². The highest BCUT2D eigenvalue weighted by atomic mass is 16.7. The third-order valence-corrected chi connectivity index (χ3v) is 17.3. The Kier molecular flexibility index (Phi) is 14.7. The Labute approximate surface area is 378 Å². The molecule has 20 nitrogen and oxygen atoms in total. The molecule has 26 atom stereocenters. The average Bonchev–Trinajstić information content (AvgIpc) is 3.73. The lowest BCUT2D eigenvalue weighted by Crippen LogP contribution is -2.65. The summed E-state index contributed by atoms with van der Waals surface area (Å²) in [6.45, 7) is 6.34. The number of hydrogen-bond donors (Lipinski definition) is 12. The number of ketones is 1. The number of carbonyl (C=O) groups excluding carboxylic acids is 1. The molecular formula is C45H72O20. The van der Waals surface area contributed by atoms with Crippen molar-refractivity contribution < 1.29 is 99.2 Å². The van der Waals surface area contributed by atoms with Crippen LogP contribution in [0.15, 0.2) is 11.6 Å². The predicted octanol–water partition coefficient (Wildman–Crippen LogP) is -2.68. The molecule has 4 saturated heterocycles. The van der Waals surface area contributed by atoms with E-state index in [1.165, 1.54) is 0 Å². The lowest BCUT2D eigenvalue weighted by atomic mass is 9.46. The van der Waals surface area contributed by atoms with Gasteiger partial charge in [-0.05, 0) is 67.6 Å². The second-order valence-electron chi connectivity index (χ2n) is 20.9. The molecule has 0 amide bonds. The highest BCUT2D eigenvalue weighted by Crippen LogP contribution is 2.69. The van der Waals surface area contributed by atoms with Gasteiger partial charge >= 0.3 is 0 Å². The Bertz CT molecular complexity index is 1700. The zero-order valence-electron chi connectivity index (χ0n) is 37.5. The highest BCUT2D eigenvalue weighted by Gasteiger charge is 2.71. The van der Waals surface area contributed by atoms with Crippen molar-refractivity contribution in [2.24, 2.45) is 46.3 Å². The zero-order valence-corrected chi connectivity index (χ0v) is 37.5. The van der Waals surface area contributed by atoms with Gasteiger partial charge in [-0.1, -0.05) is 39.3 Å². The molecule has 3 saturated carbocycles. The van der Waals surface area contributed by atoms with Crippen LogP contribution in [-0.2, 0) is 38.0 Å². The van der Waals surface area contributed by atoms with Crippen LogP contribution in [0.1, 0.15) is 79.1 Å². The van der Waals surface area contributed by atoms with Crippen LogP contribution in [0.3, 0.4) is 0 Å². The number of fused-ring (bicyclic) bond motifs is 7. The van der Waals surface area contributed by atoms with Gasteiger partial charge in [0.25, 0.3) is 0 Å². The molecule has 372 valence electrons. The molecule has 7 fully saturated rings. The molecule has 0 bridgehead atoms. The van der Waals surface area contributed by atoms with Crippen LogP contribution in [0.4, 0.5) is 0 Å². The topological polar surface area (TPSA) is 324 Å². The van der Waals surface area contributed by atoms with E-state index in [4.69, 9.17) is 33.2 Å². The van der Waals surface area contributed by atoms with Gasteiger partial charge in [0.15, 0.2) is 24.7 Å². The summed E-state index contributed by atoms with van der Waals surface area (Å²) in [6, 6.07) is 0. The van der Waals surface area contributed by atoms with Crippen LogP contribution in [-0.4, -0.2) is 204 Å². The third-order valence-electron chi connectivity index (χ3n) is 17.3. The normalized spacial score (nSPS) is 53.7. The van der Waals surface area contributed by atoms with Crippen molar-refractivity contribution in [1.29, 1.82) is 0 Å². The van der Waals surface area contributed by atoms with Crippen LogP contribution in [0, 0.1) is 46.3 Å². The Morgan fingerprint density at radius 3 is 1.98 bits per heavy atom. The summed E-state index contributed by atoms with van der Waals surface area (Å²) in [7, 11) is 0. The van der Waals surface area contributed by atoms with Gasteiger partial charge in [0, 0.05) is 30.1 Å². The van der Waals surface area contributed by atoms with E-state index in [-0.39, 0.29) is 65.8 Å². The van der Waals surface area contributed by atoms with Crippen molar-refractivity contribution >= 4 is 5.78 Å². The largest absolute Gasteiger partial charge is 0.394 e. The molecule has 0 spiro atoms. The van der Waals surface area contributed by atoms with E-state index in [2.05, 4.69) is 19.9 Å². The van der Waals surface area contributed by atoms with E-state index < -0.39 is 129 Å². The molecule has 65 heavy (non-hydrogen) atoms. The molecule has 20 heteroatoms. The summed E-state index contributed by atoms with van der Waals surface area (Å²) < 4.78 is 41.1. The minimum Gasteiger partial charge on any atom is -0.394 e. The fraction of sp³-hybridized carbons (Fsp3) is 0.933. The summed E-state index contributed by atoms with van der Waals surface area (Å²) in [5.41, 5.74) is 0.155. The SMILES string of the molecule is C[C@H](CC[C@@]1(O)O[C@H]2C[C@H]3[C@@H]4CC=C5C[C@@H](O[C@@H]6O[C@H](CO)[C@@H](O[C@@H]7O[C@H](CO)[C@@H](O)[C@H](O)[C@H]7O)[C@@H](O)[C@H]6O)CC[C@]5(C)[C@H]4CC(=O)[C@]3(C)[C@H]2[C@@H]1C)CO[C@@H]1O[C@H](CO)[C@@H](O)[C@H](O)[C@H]1O. The quantitative estimate of drug-likeness (QED) is 0.0838. The minimum atomic E-state index is -1.78. The number of ether oxygens (including phenoxy) is 7. The average molecular weight is 933 g/mol. The summed E-state index contributed by atoms with van der Waals surface area (Å²) >= 11 is 0. The number of hydrogen-bond acceptors (Lipinski definition) is 20. The second kappa shape index (κ2) is 19.1. The van der Waals surface area contributed by atoms with Crippen molar-refractivity contribution in [1.82, 2.24) is 0 Å². The summed E-state index contributed by atoms with van der Waals surface area (Å²) in [4.78, 5) is 14.6. The number of aliphatic hydroxyl groups excluding tert-OH is 11. The van der Waals surface area contributed by atoms with Crippen LogP contribution in [0.2, 0.25) is 0 Å². The van der Waals surface area contributed by atoms with E-state index >= 15 is 0 Å². The number of carbonyl (C=O) groups is 1. The fourth-order valence-corrected chi connectivity index (χ4v) is 13.3. The molecule has 0 aromatic rings. The molecular weight excluding hydrogens is 860 g/mol. The summed E-state index contributed by atoms with van der Waals surface area (Å²) in [6.07, 6.45) is -16.5. The Hall–Kier alpha value is -1.35. The minimum absolute atomic E-state index is 0.0473. The zero-order chi connectivity index (χ0) is 47.1. The maximum absolute atomic E-state index is 14.6. The van der Waals surface area contributed by atoms with E-state index in [0.29, 0.717) is 38.5 Å². The van der Waals surface area contributed by atoms with Gasteiger partial charge in [0.05, 0.1) is 38.6 Å². The maximum atomic E-state index is 14.6. The maximum Gasteiger partial charge on any atom is 0.187 e. The van der Waals surface area contributed by atoms with E-state index in [1.807, 2.05) is 13.8 Å². The molecule has 4 aliphatic heterocycles. The van der Waals surface area contributed by atoms with Crippen molar-refractivity contribution in [3.8, 4) is 0 Å². The van der Waals surface area contributed by atoms with Gasteiger partial charge in [-0.15, -0.1) is 0 Å². The van der Waals surface area contributed by atoms with E-state index in [9.17, 15) is 66.1 Å². The van der Waals surface area contributed by atoms with Crippen molar-refractivity contribution in [2.75, 3.05) is 26.4 Å². The number of rotatable bonds is 13. The van der Waals surface area contributed by atoms with Gasteiger partial charge in [0.2, 0.25) is 0 Å². The van der Waals surface area contributed by atoms with Crippen molar-refractivity contribution in [2.45, 2.75) is 189 Å². The van der Waals surface area contributed by atoms with Gasteiger partial charge in [0.1, 0.15) is 79.0 Å². The lowest BCUT2D eigenvalue weighted by molar-refractivity contribution is -0.363. The van der Waals surface area contributed by atoms with Gasteiger partial charge in [-0.25, -0.2) is 0 Å². The second-order valence-corrected chi connectivity index (χ2v) is 20.9. The summed E-state index contributed by atoms with van der Waals surface area (Å²) in [5, 5.41) is 125. The third kappa shape index (κ3) is 8.60. The van der Waals surface area contributed by atoms with Gasteiger partial charge < -0.3 is 94.4 Å². The van der Waals surface area contributed by atoms with Crippen LogP contribution in [0.5, 0.6) is 0 Å². The first-order valence-corrected chi connectivity index (χ1v) is 23.5. The molecule has 8 aliphatic rings. The fourth-order valence-electron chi connectivity index (χ4n) is 13.3. The van der Waals surface area contributed by atoms with E-state index in [0.717, 1.165) is 12.0 Å². The summed E-state index contributed by atoms with van der Waals surface area (Å²) in [5.74, 6) is -1.61. The molecule has 8 rings (SSSR count). The Morgan fingerprint density at radius 2 is 1.34 bits per heavy atom. The van der Waals surface area contributed by atoms with Crippen LogP contribution >= 0.6 is 0 Å². The number of aliphatic hydroxyl groups is 12. The molecule has 0 aromatic carbocycles. The first-order chi connectivity index (χ1) is 30.7. The smallest absolute Gasteiger partial charge is 0.187 e. The van der Waals surface area contributed by atoms with Crippen molar-refractivity contribution in [3.63, 3.8) is 0 Å². The van der Waals surface area contributed by atoms with Crippen molar-refractivity contribution in [3.05, 3.63) is 11.6 Å². The lowest BCUT2D eigenvalue weighted by Gasteiger charge is -2.57. The molecule has 0 radical (unpaired) electrons. The van der Waals surface area contributed by atoms with Gasteiger partial charge in [-0.2, -0.15) is 0 Å². The number of allylic oxidation sites excluding steroid dienone is 1. The molecule has 4 aliphatic carbocycles. The molecule has 0 unspecified atom stereocenters. The molecule has 12 N–H and O–H groups in total. The Balaban J connectivity index is 0.869. The number of Topliss-reactive ketones (excluding diaryl/α,β-unsaturated/α-hetero) is 1.